The maximum Gasteiger partial charge on any atom is 0.162 e. The largest absolute Gasteiger partial charge is 0.357 e. The zero-order valence-corrected chi connectivity index (χ0v) is 21.1. The molecule has 0 N–H and O–H groups in total. The van der Waals surface area contributed by atoms with E-state index in [2.05, 4.69) is 36.8 Å². The van der Waals surface area contributed by atoms with Gasteiger partial charge in [-0.05, 0) is 75.2 Å². The second kappa shape index (κ2) is 9.72. The number of hydrogen-bond donors (Lipinski definition) is 0. The summed E-state index contributed by atoms with van der Waals surface area (Å²) in [6, 6.07) is 6.52. The van der Waals surface area contributed by atoms with Crippen LogP contribution in [0.5, 0.6) is 0 Å². The van der Waals surface area contributed by atoms with Crippen molar-refractivity contribution in [3.63, 3.8) is 0 Å². The molecule has 6 heterocycles. The molecule has 186 valence electrons. The Morgan fingerprint density at radius 1 is 0.829 bits per heavy atom. The van der Waals surface area contributed by atoms with Gasteiger partial charge in [-0.25, -0.2) is 19.6 Å². The molecule has 3 aliphatic heterocycles. The van der Waals surface area contributed by atoms with Gasteiger partial charge in [-0.3, -0.25) is 4.90 Å². The lowest BCUT2D eigenvalue weighted by atomic mass is 9.71. The number of nitrogens with zero attached hydrogens (tertiary/aromatic N) is 8. The standard InChI is InChI=1S/C27H38N8/c1-32-25-23(6-7-24(30-25)34-14-4-2-3-5-15-34)26(31-32)35-18-11-27(12-19-35)9-16-33(17-10-27)20-22-8-13-28-21-29-22/h6-8,13,21H,2-5,9-12,14-20H2,1H3. The highest BCUT2D eigenvalue weighted by molar-refractivity contribution is 5.89. The number of likely N-dealkylation sites (tertiary alicyclic amines) is 1. The molecule has 3 aliphatic rings. The summed E-state index contributed by atoms with van der Waals surface area (Å²) in [5, 5.41) is 6.15. The average Bonchev–Trinajstić information content (AvgIpc) is 3.06. The lowest BCUT2D eigenvalue weighted by Gasteiger charge is -2.47. The fourth-order valence-electron chi connectivity index (χ4n) is 6.33. The van der Waals surface area contributed by atoms with Crippen molar-refractivity contribution in [1.29, 1.82) is 0 Å². The Hall–Kier alpha value is -2.74. The quantitative estimate of drug-likeness (QED) is 0.566. The van der Waals surface area contributed by atoms with E-state index >= 15 is 0 Å². The molecule has 8 nitrogen and oxygen atoms in total. The van der Waals surface area contributed by atoms with E-state index in [0.29, 0.717) is 5.41 Å². The van der Waals surface area contributed by atoms with Crippen LogP contribution in [0.2, 0.25) is 0 Å². The molecule has 8 heteroatoms. The summed E-state index contributed by atoms with van der Waals surface area (Å²) in [7, 11) is 2.05. The van der Waals surface area contributed by atoms with Gasteiger partial charge in [0.1, 0.15) is 12.1 Å². The molecule has 0 aliphatic carbocycles. The first-order valence-electron chi connectivity index (χ1n) is 13.5. The summed E-state index contributed by atoms with van der Waals surface area (Å²) in [5.41, 5.74) is 2.63. The van der Waals surface area contributed by atoms with Crippen LogP contribution in [0.25, 0.3) is 11.0 Å². The first-order chi connectivity index (χ1) is 17.2. The van der Waals surface area contributed by atoms with Crippen molar-refractivity contribution in [3.05, 3.63) is 36.4 Å². The van der Waals surface area contributed by atoms with E-state index in [1.54, 1.807) is 6.33 Å². The van der Waals surface area contributed by atoms with Crippen LogP contribution in [0.15, 0.2) is 30.7 Å². The van der Waals surface area contributed by atoms with Crippen LogP contribution < -0.4 is 9.80 Å². The number of fused-ring (bicyclic) bond motifs is 1. The van der Waals surface area contributed by atoms with Gasteiger partial charge < -0.3 is 9.80 Å². The summed E-state index contributed by atoms with van der Waals surface area (Å²) in [6.45, 7) is 7.69. The second-order valence-electron chi connectivity index (χ2n) is 10.9. The predicted octanol–water partition coefficient (Wildman–Crippen LogP) is 4.02. The Balaban J connectivity index is 1.10. The first kappa shape index (κ1) is 22.7. The summed E-state index contributed by atoms with van der Waals surface area (Å²) < 4.78 is 1.99. The molecule has 0 radical (unpaired) electrons. The zero-order chi connectivity index (χ0) is 23.7. The maximum atomic E-state index is 5.07. The lowest BCUT2D eigenvalue weighted by Crippen LogP contribution is -2.46. The fraction of sp³-hybridized carbons (Fsp3) is 0.630. The molecule has 0 atom stereocenters. The number of aryl methyl sites for hydroxylation is 1. The Morgan fingerprint density at radius 2 is 1.57 bits per heavy atom. The van der Waals surface area contributed by atoms with Gasteiger partial charge >= 0.3 is 0 Å². The normalized spacial score (nSPS) is 21.5. The third-order valence-corrected chi connectivity index (χ3v) is 8.65. The smallest absolute Gasteiger partial charge is 0.162 e. The van der Waals surface area contributed by atoms with Crippen molar-refractivity contribution in [2.24, 2.45) is 12.5 Å². The maximum absolute atomic E-state index is 5.07. The van der Waals surface area contributed by atoms with Crippen molar-refractivity contribution < 1.29 is 0 Å². The Labute approximate surface area is 208 Å². The molecule has 3 saturated heterocycles. The van der Waals surface area contributed by atoms with E-state index in [0.717, 1.165) is 55.7 Å². The number of aromatic nitrogens is 5. The summed E-state index contributed by atoms with van der Waals surface area (Å²) in [5.74, 6) is 2.23. The molecule has 0 bridgehead atoms. The molecular formula is C27H38N8. The minimum atomic E-state index is 0.488. The highest BCUT2D eigenvalue weighted by Gasteiger charge is 2.38. The van der Waals surface area contributed by atoms with E-state index in [9.17, 15) is 0 Å². The third kappa shape index (κ3) is 4.73. The number of piperidine rings is 2. The second-order valence-corrected chi connectivity index (χ2v) is 10.9. The number of anilines is 2. The highest BCUT2D eigenvalue weighted by atomic mass is 15.4. The monoisotopic (exact) mass is 474 g/mol. The topological polar surface area (TPSA) is 66.2 Å². The molecule has 3 fully saturated rings. The Kier molecular flexibility index (Phi) is 6.31. The molecule has 1 spiro atoms. The fourth-order valence-corrected chi connectivity index (χ4v) is 6.33. The number of hydrogen-bond acceptors (Lipinski definition) is 7. The molecule has 0 amide bonds. The molecule has 0 saturated carbocycles. The molecule has 3 aromatic heterocycles. The number of pyridine rings is 1. The molecule has 35 heavy (non-hydrogen) atoms. The van der Waals surface area contributed by atoms with Crippen LogP contribution in [0.1, 0.15) is 57.1 Å². The molecule has 0 unspecified atom stereocenters. The summed E-state index contributed by atoms with van der Waals surface area (Å²) in [6.07, 6.45) is 13.8. The number of rotatable bonds is 4. The van der Waals surface area contributed by atoms with E-state index in [4.69, 9.17) is 10.1 Å². The average molecular weight is 475 g/mol. The van der Waals surface area contributed by atoms with E-state index in [1.165, 1.54) is 69.8 Å². The van der Waals surface area contributed by atoms with Crippen LogP contribution in [-0.2, 0) is 13.6 Å². The Morgan fingerprint density at radius 3 is 2.29 bits per heavy atom. The van der Waals surface area contributed by atoms with Gasteiger partial charge in [0.05, 0.1) is 11.1 Å². The third-order valence-electron chi connectivity index (χ3n) is 8.65. The van der Waals surface area contributed by atoms with Crippen molar-refractivity contribution >= 4 is 22.7 Å². The summed E-state index contributed by atoms with van der Waals surface area (Å²) in [4.78, 5) is 21.0. The SMILES string of the molecule is Cn1nc(N2CCC3(CCN(Cc4ccncn4)CC3)CC2)c2ccc(N3CCCCCC3)nc21. The van der Waals surface area contributed by atoms with Crippen LogP contribution in [0.3, 0.4) is 0 Å². The predicted molar refractivity (Wildman–Crippen MR) is 140 cm³/mol. The van der Waals surface area contributed by atoms with Gasteiger partial charge in [0, 0.05) is 46.0 Å². The van der Waals surface area contributed by atoms with E-state index in [-0.39, 0.29) is 0 Å². The van der Waals surface area contributed by atoms with Gasteiger partial charge in [0.25, 0.3) is 0 Å². The van der Waals surface area contributed by atoms with Crippen LogP contribution in [0, 0.1) is 5.41 Å². The first-order valence-corrected chi connectivity index (χ1v) is 13.5. The molecule has 6 rings (SSSR count). The van der Waals surface area contributed by atoms with Crippen molar-refractivity contribution in [2.75, 3.05) is 49.1 Å². The van der Waals surface area contributed by atoms with Crippen LogP contribution >= 0.6 is 0 Å². The summed E-state index contributed by atoms with van der Waals surface area (Å²) >= 11 is 0. The van der Waals surface area contributed by atoms with Crippen molar-refractivity contribution in [1.82, 2.24) is 29.6 Å². The minimum absolute atomic E-state index is 0.488. The van der Waals surface area contributed by atoms with Gasteiger partial charge in [-0.2, -0.15) is 5.10 Å². The molecule has 3 aromatic rings. The van der Waals surface area contributed by atoms with Gasteiger partial charge in [-0.15, -0.1) is 0 Å². The Bertz CT molecular complexity index is 1120. The zero-order valence-electron chi connectivity index (χ0n) is 21.1. The molecule has 0 aromatic carbocycles. The van der Waals surface area contributed by atoms with Gasteiger partial charge in [0.2, 0.25) is 0 Å². The molecular weight excluding hydrogens is 436 g/mol. The van der Waals surface area contributed by atoms with E-state index < -0.39 is 0 Å². The van der Waals surface area contributed by atoms with Crippen LogP contribution in [-0.4, -0.2) is 68.9 Å². The van der Waals surface area contributed by atoms with E-state index in [1.807, 2.05) is 24.0 Å². The lowest BCUT2D eigenvalue weighted by molar-refractivity contribution is 0.0750. The van der Waals surface area contributed by atoms with Gasteiger partial charge in [0.15, 0.2) is 11.5 Å². The van der Waals surface area contributed by atoms with Crippen molar-refractivity contribution in [3.8, 4) is 0 Å². The minimum Gasteiger partial charge on any atom is -0.357 e. The van der Waals surface area contributed by atoms with Gasteiger partial charge in [-0.1, -0.05) is 12.8 Å². The van der Waals surface area contributed by atoms with Crippen LogP contribution in [0.4, 0.5) is 11.6 Å². The van der Waals surface area contributed by atoms with Crippen molar-refractivity contribution in [2.45, 2.75) is 57.9 Å². The highest BCUT2D eigenvalue weighted by Crippen LogP contribution is 2.43.